The lowest BCUT2D eigenvalue weighted by Crippen LogP contribution is -2.54. The van der Waals surface area contributed by atoms with Gasteiger partial charge in [-0.25, -0.2) is 4.98 Å². The average Bonchev–Trinajstić information content (AvgIpc) is 3.47. The molecule has 4 aromatic rings. The number of primary amides is 1. The van der Waals surface area contributed by atoms with Gasteiger partial charge >= 0.3 is 5.97 Å². The van der Waals surface area contributed by atoms with Crippen molar-refractivity contribution in [3.05, 3.63) is 78.1 Å². The van der Waals surface area contributed by atoms with Gasteiger partial charge in [0, 0.05) is 31.6 Å². The molecule has 2 aliphatic carbocycles. The molecule has 0 spiro atoms. The number of nitrogens with zero attached hydrogens (tertiary/aromatic N) is 5. The molecule has 1 amide bonds. The maximum absolute atomic E-state index is 13.0. The number of nitrogens with two attached hydrogens (primary N) is 2. The van der Waals surface area contributed by atoms with Gasteiger partial charge in [0.05, 0.1) is 29.3 Å². The van der Waals surface area contributed by atoms with Crippen LogP contribution in [0.2, 0.25) is 0 Å². The number of hydrogen-bond acceptors (Lipinski definition) is 10. The number of aromatic nitrogens is 4. The first kappa shape index (κ1) is 30.1. The van der Waals surface area contributed by atoms with Crippen molar-refractivity contribution in [2.24, 2.45) is 22.3 Å². The summed E-state index contributed by atoms with van der Waals surface area (Å²) in [7, 11) is 0. The van der Waals surface area contributed by atoms with E-state index in [2.05, 4.69) is 34.6 Å². The Hall–Kier alpha value is -4.59. The highest BCUT2D eigenvalue weighted by atomic mass is 16.4. The van der Waals surface area contributed by atoms with Gasteiger partial charge in [0.2, 0.25) is 11.9 Å². The number of carbonyl (C=O) groups excluding carboxylic acids is 1. The van der Waals surface area contributed by atoms with Crippen molar-refractivity contribution in [2.75, 3.05) is 29.9 Å². The van der Waals surface area contributed by atoms with Crippen LogP contribution in [-0.2, 0) is 9.59 Å². The number of amides is 1. The highest BCUT2D eigenvalue weighted by Crippen LogP contribution is 2.66. The first-order chi connectivity index (χ1) is 22.2. The molecule has 2 aromatic carbocycles. The van der Waals surface area contributed by atoms with Crippen LogP contribution >= 0.6 is 0 Å². The molecule has 3 aliphatic rings. The molecule has 1 aliphatic heterocycles. The number of aliphatic hydroxyl groups excluding tert-OH is 2. The average molecular weight is 627 g/mol. The summed E-state index contributed by atoms with van der Waals surface area (Å²) in [5.41, 5.74) is 11.7. The Bertz CT molecular complexity index is 1720. The van der Waals surface area contributed by atoms with Crippen molar-refractivity contribution in [2.45, 2.75) is 55.9 Å². The van der Waals surface area contributed by atoms with Crippen LogP contribution in [0.25, 0.3) is 11.2 Å². The molecule has 2 saturated carbocycles. The van der Waals surface area contributed by atoms with E-state index in [0.717, 1.165) is 17.5 Å². The summed E-state index contributed by atoms with van der Waals surface area (Å²) in [6, 6.07) is 19.4. The Kier molecular flexibility index (Phi) is 7.41. The Balaban J connectivity index is 1.29. The quantitative estimate of drug-likeness (QED) is 0.149. The van der Waals surface area contributed by atoms with Crippen LogP contribution in [0.15, 0.2) is 67.0 Å². The van der Waals surface area contributed by atoms with Crippen LogP contribution in [0.4, 0.5) is 11.8 Å². The predicted molar refractivity (Wildman–Crippen MR) is 170 cm³/mol. The molecular weight excluding hydrogens is 588 g/mol. The van der Waals surface area contributed by atoms with Crippen molar-refractivity contribution >= 4 is 34.8 Å². The molecular formula is C33H38N8O5. The number of benzene rings is 2. The summed E-state index contributed by atoms with van der Waals surface area (Å²) in [4.78, 5) is 41.7. The van der Waals surface area contributed by atoms with Crippen LogP contribution in [0.5, 0.6) is 0 Å². The number of carbonyl (C=O) groups is 2. The van der Waals surface area contributed by atoms with E-state index < -0.39 is 41.0 Å². The molecule has 7 rings (SSSR count). The number of imidazole rings is 1. The number of aliphatic carboxylic acids is 1. The number of fused-ring (bicyclic) bond motifs is 1. The molecule has 2 aromatic heterocycles. The molecule has 0 bridgehead atoms. The lowest BCUT2D eigenvalue weighted by Gasteiger charge is -2.35. The molecule has 8 N–H and O–H groups in total. The number of rotatable bonds is 10. The van der Waals surface area contributed by atoms with Gasteiger partial charge in [-0.2, -0.15) is 9.97 Å². The van der Waals surface area contributed by atoms with E-state index in [1.165, 1.54) is 6.33 Å². The van der Waals surface area contributed by atoms with Crippen molar-refractivity contribution < 1.29 is 24.9 Å². The molecule has 240 valence electrons. The number of anilines is 2. The van der Waals surface area contributed by atoms with Crippen LogP contribution in [-0.4, -0.2) is 84.6 Å². The fourth-order valence-corrected chi connectivity index (χ4v) is 7.65. The monoisotopic (exact) mass is 626 g/mol. The van der Waals surface area contributed by atoms with Gasteiger partial charge in [-0.3, -0.25) is 9.59 Å². The normalized spacial score (nSPS) is 26.9. The summed E-state index contributed by atoms with van der Waals surface area (Å²) in [6.45, 7) is 1.71. The SMILES string of the molecule is NC(=O)[C@]1(C2(C(=O)O)CC2)C[C@@H](n2cnc3c(NCC(c4ccccc4)c4ccccc4)nc(N4CC[C@@H](N)C4)nc32)[C@H](O)[C@@H]1O. The highest BCUT2D eigenvalue weighted by Gasteiger charge is 2.75. The van der Waals surface area contributed by atoms with Crippen molar-refractivity contribution in [1.82, 2.24) is 19.5 Å². The van der Waals surface area contributed by atoms with Crippen molar-refractivity contribution in [3.8, 4) is 0 Å². The fourth-order valence-electron chi connectivity index (χ4n) is 7.65. The topological polar surface area (TPSA) is 206 Å². The third-order valence-corrected chi connectivity index (χ3v) is 10.4. The minimum absolute atomic E-state index is 0.00751. The zero-order chi connectivity index (χ0) is 32.2. The smallest absolute Gasteiger partial charge is 0.310 e. The van der Waals surface area contributed by atoms with Gasteiger partial charge in [-0.1, -0.05) is 60.7 Å². The molecule has 5 atom stereocenters. The van der Waals surface area contributed by atoms with Crippen LogP contribution in [0, 0.1) is 10.8 Å². The van der Waals surface area contributed by atoms with E-state index in [4.69, 9.17) is 21.4 Å². The lowest BCUT2D eigenvalue weighted by atomic mass is 9.68. The molecule has 3 heterocycles. The number of carboxylic acids is 1. The summed E-state index contributed by atoms with van der Waals surface area (Å²) >= 11 is 0. The standard InChI is InChI=1S/C33H38N8O5/c34-21-11-14-40(17-21)31-38-27(36-16-22(19-7-3-1-4-8-19)20-9-5-2-6-10-20)24-28(39-31)41(18-37-24)23-15-33(29(35)44,26(43)25(23)42)32(12-13-32)30(45)46/h1-10,18,21-23,25-26,42-43H,11-17,34H2,(H2,35,44)(H,45,46)(H,36,38,39)/t21-,23-,25+,26+,33+/m1/s1. The first-order valence-electron chi connectivity index (χ1n) is 15.6. The summed E-state index contributed by atoms with van der Waals surface area (Å²) in [5.74, 6) is -1.25. The second kappa shape index (κ2) is 11.3. The third kappa shape index (κ3) is 4.68. The van der Waals surface area contributed by atoms with E-state index in [1.807, 2.05) is 41.3 Å². The van der Waals surface area contributed by atoms with Gasteiger partial charge in [-0.15, -0.1) is 0 Å². The van der Waals surface area contributed by atoms with Gasteiger partial charge < -0.3 is 41.6 Å². The summed E-state index contributed by atoms with van der Waals surface area (Å²) in [5, 5.41) is 36.3. The Morgan fingerprint density at radius 2 is 1.67 bits per heavy atom. The third-order valence-electron chi connectivity index (χ3n) is 10.4. The predicted octanol–water partition coefficient (Wildman–Crippen LogP) is 1.61. The minimum atomic E-state index is -1.85. The molecule has 0 radical (unpaired) electrons. The lowest BCUT2D eigenvalue weighted by molar-refractivity contribution is -0.163. The zero-order valence-electron chi connectivity index (χ0n) is 25.2. The van der Waals surface area contributed by atoms with Gasteiger partial charge in [-0.05, 0) is 36.8 Å². The van der Waals surface area contributed by atoms with E-state index in [9.17, 15) is 24.9 Å². The molecule has 0 unspecified atom stereocenters. The first-order valence-corrected chi connectivity index (χ1v) is 15.6. The van der Waals surface area contributed by atoms with Crippen molar-refractivity contribution in [1.29, 1.82) is 0 Å². The van der Waals surface area contributed by atoms with E-state index in [-0.39, 0.29) is 31.2 Å². The Morgan fingerprint density at radius 3 is 2.22 bits per heavy atom. The van der Waals surface area contributed by atoms with Gasteiger partial charge in [0.15, 0.2) is 17.0 Å². The van der Waals surface area contributed by atoms with Crippen LogP contribution in [0.1, 0.15) is 48.8 Å². The summed E-state index contributed by atoms with van der Waals surface area (Å²) in [6.07, 6.45) is -0.703. The van der Waals surface area contributed by atoms with Gasteiger partial charge in [0.25, 0.3) is 0 Å². The fraction of sp³-hybridized carbons (Fsp3) is 0.424. The Morgan fingerprint density at radius 1 is 1.02 bits per heavy atom. The summed E-state index contributed by atoms with van der Waals surface area (Å²) < 4.78 is 1.62. The van der Waals surface area contributed by atoms with Crippen LogP contribution in [0.3, 0.4) is 0 Å². The molecule has 1 saturated heterocycles. The molecule has 13 nitrogen and oxygen atoms in total. The number of nitrogens with one attached hydrogen (secondary N) is 1. The van der Waals surface area contributed by atoms with E-state index in [1.54, 1.807) is 4.57 Å². The highest BCUT2D eigenvalue weighted by molar-refractivity contribution is 5.93. The largest absolute Gasteiger partial charge is 0.481 e. The molecule has 46 heavy (non-hydrogen) atoms. The van der Waals surface area contributed by atoms with Crippen LogP contribution < -0.4 is 21.7 Å². The van der Waals surface area contributed by atoms with E-state index in [0.29, 0.717) is 42.6 Å². The second-order valence-electron chi connectivity index (χ2n) is 12.9. The van der Waals surface area contributed by atoms with E-state index >= 15 is 0 Å². The van der Waals surface area contributed by atoms with Crippen molar-refractivity contribution in [3.63, 3.8) is 0 Å². The minimum Gasteiger partial charge on any atom is -0.481 e. The number of hydrogen-bond donors (Lipinski definition) is 6. The number of carboxylic acid groups (broad SMARTS) is 1. The number of aliphatic hydroxyl groups is 2. The van der Waals surface area contributed by atoms with Gasteiger partial charge in [0.1, 0.15) is 6.10 Å². The molecule has 3 fully saturated rings. The Labute approximate surface area is 265 Å². The maximum atomic E-state index is 13.0. The zero-order valence-corrected chi connectivity index (χ0v) is 25.2. The molecule has 13 heteroatoms. The second-order valence-corrected chi connectivity index (χ2v) is 12.9. The maximum Gasteiger partial charge on any atom is 0.310 e.